The van der Waals surface area contributed by atoms with Gasteiger partial charge in [-0.3, -0.25) is 4.79 Å². The molecule has 1 aromatic carbocycles. The van der Waals surface area contributed by atoms with Crippen LogP contribution in [0.2, 0.25) is 0 Å². The average Bonchev–Trinajstić information content (AvgIpc) is 2.96. The quantitative estimate of drug-likeness (QED) is 0.690. The van der Waals surface area contributed by atoms with Crippen LogP contribution < -0.4 is 10.6 Å². The normalized spacial score (nSPS) is 15.2. The third-order valence-corrected chi connectivity index (χ3v) is 3.60. The van der Waals surface area contributed by atoms with E-state index in [9.17, 15) is 9.59 Å². The van der Waals surface area contributed by atoms with Crippen molar-refractivity contribution >= 4 is 11.9 Å². The van der Waals surface area contributed by atoms with E-state index >= 15 is 0 Å². The zero-order chi connectivity index (χ0) is 14.4. The number of benzene rings is 1. The molecule has 1 saturated carbocycles. The van der Waals surface area contributed by atoms with Crippen LogP contribution in [0.1, 0.15) is 46.4 Å². The highest BCUT2D eigenvalue weighted by molar-refractivity contribution is 6.04. The highest BCUT2D eigenvalue weighted by Gasteiger charge is 2.16. The van der Waals surface area contributed by atoms with Crippen LogP contribution >= 0.6 is 0 Å². The molecule has 2 rings (SSSR count). The van der Waals surface area contributed by atoms with Gasteiger partial charge in [0.15, 0.2) is 0 Å². The van der Waals surface area contributed by atoms with Gasteiger partial charge in [0.05, 0.1) is 11.1 Å². The first-order valence-electron chi connectivity index (χ1n) is 7.02. The first-order valence-corrected chi connectivity index (χ1v) is 7.02. The van der Waals surface area contributed by atoms with Gasteiger partial charge in [-0.25, -0.2) is 4.79 Å². The summed E-state index contributed by atoms with van der Waals surface area (Å²) in [7, 11) is 0. The van der Waals surface area contributed by atoms with Gasteiger partial charge in [-0.2, -0.15) is 0 Å². The Morgan fingerprint density at radius 2 is 1.75 bits per heavy atom. The molecule has 1 amide bonds. The molecule has 0 aromatic heterocycles. The topological polar surface area (TPSA) is 78.4 Å². The van der Waals surface area contributed by atoms with Crippen LogP contribution in [-0.2, 0) is 0 Å². The molecule has 1 aliphatic rings. The minimum Gasteiger partial charge on any atom is -0.478 e. The molecule has 0 aliphatic heterocycles. The van der Waals surface area contributed by atoms with Gasteiger partial charge in [0.2, 0.25) is 0 Å². The Morgan fingerprint density at radius 1 is 1.10 bits per heavy atom. The van der Waals surface area contributed by atoms with Gasteiger partial charge in [0.25, 0.3) is 5.91 Å². The Bertz CT molecular complexity index is 482. The summed E-state index contributed by atoms with van der Waals surface area (Å²) in [6.45, 7) is 1.22. The second-order valence-corrected chi connectivity index (χ2v) is 5.04. The highest BCUT2D eigenvalue weighted by atomic mass is 16.4. The van der Waals surface area contributed by atoms with Gasteiger partial charge in [0.1, 0.15) is 0 Å². The molecule has 108 valence electrons. The third-order valence-electron chi connectivity index (χ3n) is 3.60. The molecule has 0 unspecified atom stereocenters. The van der Waals surface area contributed by atoms with Crippen molar-refractivity contribution in [2.24, 2.45) is 0 Å². The van der Waals surface area contributed by atoms with Crippen molar-refractivity contribution in [3.8, 4) is 0 Å². The first kappa shape index (κ1) is 14.5. The number of amides is 1. The number of carboxylic acid groups (broad SMARTS) is 1. The van der Waals surface area contributed by atoms with E-state index in [-0.39, 0.29) is 17.0 Å². The largest absolute Gasteiger partial charge is 0.478 e. The summed E-state index contributed by atoms with van der Waals surface area (Å²) in [6.07, 6.45) is 4.96. The van der Waals surface area contributed by atoms with Gasteiger partial charge in [-0.15, -0.1) is 0 Å². The predicted molar refractivity (Wildman–Crippen MR) is 76.0 cm³/mol. The predicted octanol–water partition coefficient (Wildman–Crippen LogP) is 1.65. The molecule has 3 N–H and O–H groups in total. The van der Waals surface area contributed by atoms with Crippen molar-refractivity contribution in [1.29, 1.82) is 0 Å². The van der Waals surface area contributed by atoms with Gasteiger partial charge in [-0.1, -0.05) is 25.0 Å². The van der Waals surface area contributed by atoms with Crippen LogP contribution in [0.25, 0.3) is 0 Å². The fraction of sp³-hybridized carbons (Fsp3) is 0.467. The summed E-state index contributed by atoms with van der Waals surface area (Å²) in [5.41, 5.74) is 0.245. The maximum atomic E-state index is 12.0. The molecule has 0 bridgehead atoms. The summed E-state index contributed by atoms with van der Waals surface area (Å²) in [4.78, 5) is 23.0. The molecule has 1 aromatic rings. The molecule has 1 aliphatic carbocycles. The van der Waals surface area contributed by atoms with E-state index in [1.165, 1.54) is 37.8 Å². The van der Waals surface area contributed by atoms with Gasteiger partial charge < -0.3 is 15.7 Å². The van der Waals surface area contributed by atoms with Crippen LogP contribution in [0.3, 0.4) is 0 Å². The van der Waals surface area contributed by atoms with E-state index in [1.807, 2.05) is 0 Å². The van der Waals surface area contributed by atoms with Crippen molar-refractivity contribution in [2.45, 2.75) is 31.7 Å². The van der Waals surface area contributed by atoms with E-state index < -0.39 is 5.97 Å². The van der Waals surface area contributed by atoms with Gasteiger partial charge in [0, 0.05) is 19.1 Å². The van der Waals surface area contributed by atoms with Crippen molar-refractivity contribution in [1.82, 2.24) is 10.6 Å². The summed E-state index contributed by atoms with van der Waals surface area (Å²) < 4.78 is 0. The Balaban J connectivity index is 1.81. The molecular weight excluding hydrogens is 256 g/mol. The van der Waals surface area contributed by atoms with E-state index in [2.05, 4.69) is 10.6 Å². The molecule has 5 nitrogen and oxygen atoms in total. The molecule has 5 heteroatoms. The van der Waals surface area contributed by atoms with E-state index in [0.717, 1.165) is 0 Å². The molecule has 0 heterocycles. The van der Waals surface area contributed by atoms with Crippen LogP contribution in [0.15, 0.2) is 24.3 Å². The molecule has 1 fully saturated rings. The molecule has 0 saturated heterocycles. The minimum absolute atomic E-state index is 0.0359. The number of aromatic carboxylic acids is 1. The number of nitrogens with one attached hydrogen (secondary N) is 2. The van der Waals surface area contributed by atoms with E-state index in [1.54, 1.807) is 12.1 Å². The second kappa shape index (κ2) is 7.05. The Labute approximate surface area is 118 Å². The van der Waals surface area contributed by atoms with E-state index in [0.29, 0.717) is 19.1 Å². The van der Waals surface area contributed by atoms with Crippen LogP contribution in [0.4, 0.5) is 0 Å². The lowest BCUT2D eigenvalue weighted by molar-refractivity contribution is 0.0691. The number of carboxylic acids is 1. The molecule has 20 heavy (non-hydrogen) atoms. The third kappa shape index (κ3) is 3.81. The number of rotatable bonds is 6. The van der Waals surface area contributed by atoms with Gasteiger partial charge in [-0.05, 0) is 25.0 Å². The lowest BCUT2D eigenvalue weighted by Gasteiger charge is -2.12. The maximum Gasteiger partial charge on any atom is 0.336 e. The number of carbonyl (C=O) groups is 2. The first-order chi connectivity index (χ1) is 9.68. The number of carbonyl (C=O) groups excluding carboxylic acids is 1. The van der Waals surface area contributed by atoms with Crippen LogP contribution in [0.5, 0.6) is 0 Å². The van der Waals surface area contributed by atoms with Crippen molar-refractivity contribution in [3.63, 3.8) is 0 Å². The second-order valence-electron chi connectivity index (χ2n) is 5.04. The van der Waals surface area contributed by atoms with Crippen LogP contribution in [0, 0.1) is 0 Å². The SMILES string of the molecule is O=C(O)c1ccccc1C(=O)NCCNC1CCCC1. The van der Waals surface area contributed by atoms with E-state index in [4.69, 9.17) is 5.11 Å². The van der Waals surface area contributed by atoms with Gasteiger partial charge >= 0.3 is 5.97 Å². The zero-order valence-corrected chi connectivity index (χ0v) is 11.4. The fourth-order valence-electron chi connectivity index (χ4n) is 2.55. The Morgan fingerprint density at radius 3 is 2.40 bits per heavy atom. The summed E-state index contributed by atoms with van der Waals surface area (Å²) in [5, 5.41) is 15.2. The Kier molecular flexibility index (Phi) is 5.12. The Hall–Kier alpha value is -1.88. The average molecular weight is 276 g/mol. The molecule has 0 atom stereocenters. The number of hydrogen-bond acceptors (Lipinski definition) is 3. The monoisotopic (exact) mass is 276 g/mol. The van der Waals surface area contributed by atoms with Crippen LogP contribution in [-0.4, -0.2) is 36.1 Å². The smallest absolute Gasteiger partial charge is 0.336 e. The van der Waals surface area contributed by atoms with Crippen molar-refractivity contribution in [3.05, 3.63) is 35.4 Å². The standard InChI is InChI=1S/C15H20N2O3/c18-14(12-7-3-4-8-13(12)15(19)20)17-10-9-16-11-5-1-2-6-11/h3-4,7-8,11,16H,1-2,5-6,9-10H2,(H,17,18)(H,19,20). The lowest BCUT2D eigenvalue weighted by Crippen LogP contribution is -2.36. The molecular formula is C15H20N2O3. The minimum atomic E-state index is -1.08. The maximum absolute atomic E-state index is 12.0. The van der Waals surface area contributed by atoms with Crippen molar-refractivity contribution < 1.29 is 14.7 Å². The highest BCUT2D eigenvalue weighted by Crippen LogP contribution is 2.17. The molecule has 0 radical (unpaired) electrons. The summed E-state index contributed by atoms with van der Waals surface area (Å²) >= 11 is 0. The lowest BCUT2D eigenvalue weighted by atomic mass is 10.1. The zero-order valence-electron chi connectivity index (χ0n) is 11.4. The molecule has 0 spiro atoms. The fourth-order valence-corrected chi connectivity index (χ4v) is 2.55. The van der Waals surface area contributed by atoms with Crippen molar-refractivity contribution in [2.75, 3.05) is 13.1 Å². The number of hydrogen-bond donors (Lipinski definition) is 3. The summed E-state index contributed by atoms with van der Waals surface area (Å²) in [6, 6.07) is 6.82. The summed E-state index contributed by atoms with van der Waals surface area (Å²) in [5.74, 6) is -1.42.